The molecule has 3 nitrogen and oxygen atoms in total. The van der Waals surface area contributed by atoms with E-state index < -0.39 is 0 Å². The monoisotopic (exact) mass is 240 g/mol. The van der Waals surface area contributed by atoms with Gasteiger partial charge in [0.25, 0.3) is 0 Å². The number of unbranched alkanes of at least 4 members (excludes halogenated alkanes) is 1. The van der Waals surface area contributed by atoms with Crippen molar-refractivity contribution >= 4 is 5.78 Å². The lowest BCUT2D eigenvalue weighted by Crippen LogP contribution is -2.22. The van der Waals surface area contributed by atoms with Crippen LogP contribution < -0.4 is 0 Å². The molecular weight excluding hydrogens is 216 g/mol. The summed E-state index contributed by atoms with van der Waals surface area (Å²) in [6, 6.07) is 0. The molecule has 0 bridgehead atoms. The standard InChI is InChI=1S/C14H24O3/c1-13(15)9-5-3-2-4-7-11-16-14-10-6-8-12-17-14/h2,4,14H,3,5-12H2,1H3/b4-2-. The number of allylic oxidation sites excluding steroid dienone is 1. The van der Waals surface area contributed by atoms with Crippen molar-refractivity contribution in [3.63, 3.8) is 0 Å². The van der Waals surface area contributed by atoms with Crippen molar-refractivity contribution in [2.45, 2.75) is 58.2 Å². The minimum atomic E-state index is 0.0230. The van der Waals surface area contributed by atoms with Crippen LogP contribution in [0.15, 0.2) is 12.2 Å². The summed E-state index contributed by atoms with van der Waals surface area (Å²) in [4.78, 5) is 10.7. The lowest BCUT2D eigenvalue weighted by Gasteiger charge is -2.22. The van der Waals surface area contributed by atoms with Crippen LogP contribution in [0.3, 0.4) is 0 Å². The summed E-state index contributed by atoms with van der Waals surface area (Å²) in [5, 5.41) is 0. The molecule has 0 spiro atoms. The Balaban J connectivity index is 1.89. The highest BCUT2D eigenvalue weighted by atomic mass is 16.7. The van der Waals surface area contributed by atoms with Crippen molar-refractivity contribution in [3.05, 3.63) is 12.2 Å². The van der Waals surface area contributed by atoms with Gasteiger partial charge in [-0.2, -0.15) is 0 Å². The van der Waals surface area contributed by atoms with Crippen LogP contribution in [0, 0.1) is 0 Å². The number of rotatable bonds is 8. The van der Waals surface area contributed by atoms with Crippen molar-refractivity contribution in [2.75, 3.05) is 13.2 Å². The molecule has 0 aliphatic carbocycles. The third-order valence-electron chi connectivity index (χ3n) is 2.79. The maximum absolute atomic E-state index is 10.7. The minimum Gasteiger partial charge on any atom is -0.353 e. The summed E-state index contributed by atoms with van der Waals surface area (Å²) >= 11 is 0. The summed E-state index contributed by atoms with van der Waals surface area (Å²) in [6.07, 6.45) is 11.3. The van der Waals surface area contributed by atoms with Crippen molar-refractivity contribution in [2.24, 2.45) is 0 Å². The van der Waals surface area contributed by atoms with Gasteiger partial charge in [0.05, 0.1) is 6.61 Å². The Hall–Kier alpha value is -0.670. The predicted octanol–water partition coefficient (Wildman–Crippen LogP) is 3.24. The maximum Gasteiger partial charge on any atom is 0.157 e. The maximum atomic E-state index is 10.7. The highest BCUT2D eigenvalue weighted by Crippen LogP contribution is 2.13. The smallest absolute Gasteiger partial charge is 0.157 e. The predicted molar refractivity (Wildman–Crippen MR) is 67.8 cm³/mol. The van der Waals surface area contributed by atoms with E-state index in [0.717, 1.165) is 45.3 Å². The number of hydrogen-bond acceptors (Lipinski definition) is 3. The molecule has 1 atom stereocenters. The number of carbonyl (C=O) groups is 1. The second-order valence-corrected chi connectivity index (χ2v) is 4.52. The molecule has 1 saturated heterocycles. The van der Waals surface area contributed by atoms with Gasteiger partial charge in [0.15, 0.2) is 6.29 Å². The average Bonchev–Trinajstić information content (AvgIpc) is 2.33. The molecule has 1 fully saturated rings. The molecule has 0 aromatic rings. The van der Waals surface area contributed by atoms with Gasteiger partial charge in [-0.05, 0) is 45.4 Å². The van der Waals surface area contributed by atoms with Crippen LogP contribution in [0.2, 0.25) is 0 Å². The zero-order valence-corrected chi connectivity index (χ0v) is 10.8. The zero-order chi connectivity index (χ0) is 12.3. The molecule has 0 aromatic heterocycles. The summed E-state index contributed by atoms with van der Waals surface area (Å²) in [6.45, 7) is 3.21. The van der Waals surface area contributed by atoms with Crippen LogP contribution >= 0.6 is 0 Å². The fraction of sp³-hybridized carbons (Fsp3) is 0.786. The van der Waals surface area contributed by atoms with Crippen molar-refractivity contribution in [1.82, 2.24) is 0 Å². The fourth-order valence-corrected chi connectivity index (χ4v) is 1.81. The van der Waals surface area contributed by atoms with Gasteiger partial charge in [-0.3, -0.25) is 0 Å². The highest BCUT2D eigenvalue weighted by molar-refractivity contribution is 5.75. The van der Waals surface area contributed by atoms with Crippen molar-refractivity contribution < 1.29 is 14.3 Å². The average molecular weight is 240 g/mol. The molecule has 1 rings (SSSR count). The highest BCUT2D eigenvalue weighted by Gasteiger charge is 2.12. The van der Waals surface area contributed by atoms with E-state index in [-0.39, 0.29) is 12.1 Å². The fourth-order valence-electron chi connectivity index (χ4n) is 1.81. The molecule has 0 N–H and O–H groups in total. The molecular formula is C14H24O3. The Morgan fingerprint density at radius 3 is 2.88 bits per heavy atom. The van der Waals surface area contributed by atoms with Crippen LogP contribution in [-0.2, 0) is 14.3 Å². The summed E-state index contributed by atoms with van der Waals surface area (Å²) in [7, 11) is 0. The second kappa shape index (κ2) is 9.37. The lowest BCUT2D eigenvalue weighted by molar-refractivity contribution is -0.161. The normalized spacial score (nSPS) is 20.9. The second-order valence-electron chi connectivity index (χ2n) is 4.52. The summed E-state index contributed by atoms with van der Waals surface area (Å²) in [5.74, 6) is 0.274. The Kier molecular flexibility index (Phi) is 7.93. The first-order chi connectivity index (χ1) is 8.29. The molecule has 17 heavy (non-hydrogen) atoms. The van der Waals surface area contributed by atoms with Gasteiger partial charge in [-0.25, -0.2) is 0 Å². The van der Waals surface area contributed by atoms with E-state index in [1.165, 1.54) is 6.42 Å². The third kappa shape index (κ3) is 8.11. The first-order valence-corrected chi connectivity index (χ1v) is 6.66. The van der Waals surface area contributed by atoms with E-state index in [2.05, 4.69) is 12.2 Å². The van der Waals surface area contributed by atoms with Gasteiger partial charge in [-0.15, -0.1) is 0 Å². The van der Waals surface area contributed by atoms with Gasteiger partial charge in [0, 0.05) is 13.0 Å². The van der Waals surface area contributed by atoms with E-state index in [4.69, 9.17) is 9.47 Å². The van der Waals surface area contributed by atoms with Gasteiger partial charge < -0.3 is 14.3 Å². The number of ether oxygens (including phenoxy) is 2. The number of hydrogen-bond donors (Lipinski definition) is 0. The van der Waals surface area contributed by atoms with E-state index in [1.54, 1.807) is 6.92 Å². The molecule has 1 unspecified atom stereocenters. The Bertz CT molecular complexity index is 230. The molecule has 3 heteroatoms. The van der Waals surface area contributed by atoms with Crippen LogP contribution in [-0.4, -0.2) is 25.3 Å². The van der Waals surface area contributed by atoms with Crippen LogP contribution in [0.4, 0.5) is 0 Å². The molecule has 98 valence electrons. The third-order valence-corrected chi connectivity index (χ3v) is 2.79. The Morgan fingerprint density at radius 1 is 1.35 bits per heavy atom. The molecule has 1 aliphatic rings. The minimum absolute atomic E-state index is 0.0230. The molecule has 0 amide bonds. The van der Waals surface area contributed by atoms with E-state index in [0.29, 0.717) is 6.42 Å². The number of ketones is 1. The van der Waals surface area contributed by atoms with E-state index in [1.807, 2.05) is 0 Å². The van der Waals surface area contributed by atoms with Gasteiger partial charge in [0.2, 0.25) is 0 Å². The largest absolute Gasteiger partial charge is 0.353 e. The lowest BCUT2D eigenvalue weighted by atomic mass is 10.2. The molecule has 0 saturated carbocycles. The molecule has 0 aromatic carbocycles. The van der Waals surface area contributed by atoms with Crippen LogP contribution in [0.1, 0.15) is 51.9 Å². The first kappa shape index (κ1) is 14.4. The SMILES string of the molecule is CC(=O)CCC/C=C\CCOC1CCCCO1. The molecule has 1 aliphatic heterocycles. The molecule has 0 radical (unpaired) electrons. The summed E-state index contributed by atoms with van der Waals surface area (Å²) < 4.78 is 11.1. The van der Waals surface area contributed by atoms with Gasteiger partial charge in [-0.1, -0.05) is 12.2 Å². The van der Waals surface area contributed by atoms with Gasteiger partial charge in [0.1, 0.15) is 5.78 Å². The van der Waals surface area contributed by atoms with E-state index in [9.17, 15) is 4.79 Å². The van der Waals surface area contributed by atoms with Crippen molar-refractivity contribution in [3.8, 4) is 0 Å². The Morgan fingerprint density at radius 2 is 2.18 bits per heavy atom. The van der Waals surface area contributed by atoms with Crippen LogP contribution in [0.25, 0.3) is 0 Å². The van der Waals surface area contributed by atoms with Crippen LogP contribution in [0.5, 0.6) is 0 Å². The van der Waals surface area contributed by atoms with Gasteiger partial charge >= 0.3 is 0 Å². The quantitative estimate of drug-likeness (QED) is 0.482. The Labute approximate surface area is 104 Å². The molecule has 1 heterocycles. The zero-order valence-electron chi connectivity index (χ0n) is 10.8. The first-order valence-electron chi connectivity index (χ1n) is 6.66. The topological polar surface area (TPSA) is 35.5 Å². The summed E-state index contributed by atoms with van der Waals surface area (Å²) in [5.41, 5.74) is 0. The van der Waals surface area contributed by atoms with Crippen molar-refractivity contribution in [1.29, 1.82) is 0 Å². The van der Waals surface area contributed by atoms with E-state index >= 15 is 0 Å². The number of carbonyl (C=O) groups excluding carboxylic acids is 1. The number of Topliss-reactive ketones (excluding diaryl/α,β-unsaturated/α-hetero) is 1.